The van der Waals surface area contributed by atoms with E-state index in [4.69, 9.17) is 5.73 Å². The Labute approximate surface area is 121 Å². The van der Waals surface area contributed by atoms with Crippen LogP contribution >= 0.6 is 0 Å². The summed E-state index contributed by atoms with van der Waals surface area (Å²) in [6, 6.07) is 9.94. The molecule has 2 unspecified atom stereocenters. The van der Waals surface area contributed by atoms with Crippen molar-refractivity contribution in [1.82, 2.24) is 15.0 Å². The minimum Gasteiger partial charge on any atom is -0.323 e. The summed E-state index contributed by atoms with van der Waals surface area (Å²) in [7, 11) is 0. The predicted octanol–water partition coefficient (Wildman–Crippen LogP) is 3.34. The fourth-order valence-corrected chi connectivity index (χ4v) is 2.12. The van der Waals surface area contributed by atoms with Crippen molar-refractivity contribution in [2.45, 2.75) is 40.2 Å². The van der Waals surface area contributed by atoms with Crippen LogP contribution in [0.25, 0.3) is 5.69 Å². The van der Waals surface area contributed by atoms with Crippen molar-refractivity contribution in [2.24, 2.45) is 17.1 Å². The van der Waals surface area contributed by atoms with Crippen LogP contribution in [0.5, 0.6) is 0 Å². The minimum atomic E-state index is -0.0561. The number of hydrogen-bond acceptors (Lipinski definition) is 3. The Balaban J connectivity index is 2.20. The Kier molecular flexibility index (Phi) is 4.23. The van der Waals surface area contributed by atoms with Gasteiger partial charge >= 0.3 is 0 Å². The van der Waals surface area contributed by atoms with Crippen LogP contribution in [0.2, 0.25) is 0 Å². The van der Waals surface area contributed by atoms with Gasteiger partial charge in [-0.3, -0.25) is 0 Å². The van der Waals surface area contributed by atoms with Crippen molar-refractivity contribution >= 4 is 0 Å². The first kappa shape index (κ1) is 14.7. The van der Waals surface area contributed by atoms with Gasteiger partial charge < -0.3 is 5.73 Å². The fourth-order valence-electron chi connectivity index (χ4n) is 2.12. The molecule has 1 heterocycles. The van der Waals surface area contributed by atoms with Crippen LogP contribution in [0.4, 0.5) is 0 Å². The molecule has 0 aliphatic heterocycles. The Morgan fingerprint density at radius 3 is 2.45 bits per heavy atom. The number of rotatable bonds is 4. The second-order valence-electron chi connectivity index (χ2n) is 6.52. The third kappa shape index (κ3) is 3.25. The summed E-state index contributed by atoms with van der Waals surface area (Å²) in [6.07, 6.45) is 2.69. The van der Waals surface area contributed by atoms with E-state index in [0.29, 0.717) is 5.92 Å². The van der Waals surface area contributed by atoms with Gasteiger partial charge in [-0.2, -0.15) is 0 Å². The zero-order valence-corrected chi connectivity index (χ0v) is 12.7. The largest absolute Gasteiger partial charge is 0.323 e. The van der Waals surface area contributed by atoms with Gasteiger partial charge in [-0.25, -0.2) is 4.68 Å². The molecule has 0 bridgehead atoms. The molecule has 0 amide bonds. The van der Waals surface area contributed by atoms with Gasteiger partial charge in [-0.15, -0.1) is 5.10 Å². The van der Waals surface area contributed by atoms with Crippen LogP contribution in [0.1, 0.15) is 45.9 Å². The maximum atomic E-state index is 6.37. The van der Waals surface area contributed by atoms with E-state index in [-0.39, 0.29) is 11.5 Å². The fraction of sp³-hybridized carbons (Fsp3) is 0.500. The predicted molar refractivity (Wildman–Crippen MR) is 81.5 cm³/mol. The maximum absolute atomic E-state index is 6.37. The van der Waals surface area contributed by atoms with Gasteiger partial charge in [0.25, 0.3) is 0 Å². The van der Waals surface area contributed by atoms with Gasteiger partial charge in [-0.05, 0) is 29.9 Å². The molecule has 0 saturated carbocycles. The van der Waals surface area contributed by atoms with E-state index in [9.17, 15) is 0 Å². The number of nitrogens with zero attached hydrogens (tertiary/aromatic N) is 3. The van der Waals surface area contributed by atoms with Crippen LogP contribution < -0.4 is 5.73 Å². The molecular weight excluding hydrogens is 248 g/mol. The van der Waals surface area contributed by atoms with Gasteiger partial charge in [0.2, 0.25) is 0 Å². The van der Waals surface area contributed by atoms with Crippen molar-refractivity contribution in [3.05, 3.63) is 42.2 Å². The van der Waals surface area contributed by atoms with Crippen LogP contribution in [0.15, 0.2) is 36.5 Å². The molecule has 2 rings (SSSR count). The molecule has 2 N–H and O–H groups in total. The topological polar surface area (TPSA) is 56.7 Å². The van der Waals surface area contributed by atoms with E-state index in [0.717, 1.165) is 17.8 Å². The van der Waals surface area contributed by atoms with E-state index >= 15 is 0 Å². The summed E-state index contributed by atoms with van der Waals surface area (Å²) >= 11 is 0. The highest BCUT2D eigenvalue weighted by Crippen LogP contribution is 2.32. The highest BCUT2D eigenvalue weighted by atomic mass is 15.4. The quantitative estimate of drug-likeness (QED) is 0.928. The van der Waals surface area contributed by atoms with Gasteiger partial charge in [-0.1, -0.05) is 51.1 Å². The van der Waals surface area contributed by atoms with Gasteiger partial charge in [0, 0.05) is 6.04 Å². The molecule has 108 valence electrons. The lowest BCUT2D eigenvalue weighted by Gasteiger charge is -2.29. The first-order valence-electron chi connectivity index (χ1n) is 7.11. The Morgan fingerprint density at radius 2 is 1.85 bits per heavy atom. The van der Waals surface area contributed by atoms with Gasteiger partial charge in [0.1, 0.15) is 0 Å². The molecule has 2 atom stereocenters. The normalized spacial score (nSPS) is 15.1. The second-order valence-corrected chi connectivity index (χ2v) is 6.52. The molecular formula is C16H24N4. The molecule has 0 radical (unpaired) electrons. The summed E-state index contributed by atoms with van der Waals surface area (Å²) < 4.78 is 1.83. The monoisotopic (exact) mass is 272 g/mol. The Bertz CT molecular complexity index is 539. The number of para-hydroxylation sites is 1. The molecule has 0 saturated heterocycles. The summed E-state index contributed by atoms with van der Waals surface area (Å²) in [5.41, 5.74) is 8.59. The highest BCUT2D eigenvalue weighted by Gasteiger charge is 2.24. The summed E-state index contributed by atoms with van der Waals surface area (Å²) in [4.78, 5) is 0. The molecule has 4 heteroatoms. The van der Waals surface area contributed by atoms with Crippen molar-refractivity contribution in [3.63, 3.8) is 0 Å². The minimum absolute atomic E-state index is 0.0561. The molecule has 0 aliphatic carbocycles. The number of aromatic nitrogens is 3. The molecule has 0 fully saturated rings. The maximum Gasteiger partial charge on any atom is 0.0813 e. The van der Waals surface area contributed by atoms with Crippen LogP contribution in [0, 0.1) is 11.3 Å². The lowest BCUT2D eigenvalue weighted by molar-refractivity contribution is 0.232. The molecule has 0 aliphatic rings. The van der Waals surface area contributed by atoms with E-state index < -0.39 is 0 Å². The number of nitrogens with two attached hydrogens (primary N) is 1. The molecule has 20 heavy (non-hydrogen) atoms. The van der Waals surface area contributed by atoms with Crippen molar-refractivity contribution in [1.29, 1.82) is 0 Å². The highest BCUT2D eigenvalue weighted by molar-refractivity contribution is 5.32. The molecule has 1 aromatic carbocycles. The van der Waals surface area contributed by atoms with E-state index in [1.165, 1.54) is 0 Å². The SMILES string of the molecule is CC(CC(N)c1cnnn1-c1ccccc1)C(C)(C)C. The first-order valence-corrected chi connectivity index (χ1v) is 7.11. The smallest absolute Gasteiger partial charge is 0.0813 e. The van der Waals surface area contributed by atoms with Gasteiger partial charge in [0.15, 0.2) is 0 Å². The molecule has 0 spiro atoms. The van der Waals surface area contributed by atoms with Crippen LogP contribution in [-0.4, -0.2) is 15.0 Å². The summed E-state index contributed by atoms with van der Waals surface area (Å²) in [6.45, 7) is 8.99. The second kappa shape index (κ2) is 5.75. The Hall–Kier alpha value is -1.68. The average molecular weight is 272 g/mol. The number of hydrogen-bond donors (Lipinski definition) is 1. The average Bonchev–Trinajstić information content (AvgIpc) is 2.87. The third-order valence-electron chi connectivity index (χ3n) is 4.04. The molecule has 2 aromatic rings. The third-order valence-corrected chi connectivity index (χ3v) is 4.04. The summed E-state index contributed by atoms with van der Waals surface area (Å²) in [5.74, 6) is 0.525. The van der Waals surface area contributed by atoms with Crippen LogP contribution in [-0.2, 0) is 0 Å². The van der Waals surface area contributed by atoms with Crippen molar-refractivity contribution in [2.75, 3.05) is 0 Å². The first-order chi connectivity index (χ1) is 9.39. The zero-order chi connectivity index (χ0) is 14.8. The van der Waals surface area contributed by atoms with Crippen LogP contribution in [0.3, 0.4) is 0 Å². The standard InChI is InChI=1S/C16H24N4/c1-12(16(2,3)4)10-14(17)15-11-18-19-20(15)13-8-6-5-7-9-13/h5-9,11-12,14H,10,17H2,1-4H3. The molecule has 1 aromatic heterocycles. The summed E-state index contributed by atoms with van der Waals surface area (Å²) in [5, 5.41) is 8.19. The van der Waals surface area contributed by atoms with Crippen molar-refractivity contribution < 1.29 is 0 Å². The van der Waals surface area contributed by atoms with Gasteiger partial charge in [0.05, 0.1) is 17.6 Å². The lowest BCUT2D eigenvalue weighted by atomic mass is 9.78. The van der Waals surface area contributed by atoms with Crippen molar-refractivity contribution in [3.8, 4) is 5.69 Å². The lowest BCUT2D eigenvalue weighted by Crippen LogP contribution is -2.24. The Morgan fingerprint density at radius 1 is 1.20 bits per heavy atom. The van der Waals surface area contributed by atoms with E-state index in [2.05, 4.69) is 38.0 Å². The molecule has 4 nitrogen and oxygen atoms in total. The van der Waals surface area contributed by atoms with E-state index in [1.807, 2.05) is 35.0 Å². The number of benzene rings is 1. The van der Waals surface area contributed by atoms with E-state index in [1.54, 1.807) is 6.20 Å². The zero-order valence-electron chi connectivity index (χ0n) is 12.7.